The van der Waals surface area contributed by atoms with Crippen LogP contribution in [0.4, 0.5) is 0 Å². The Bertz CT molecular complexity index is 479. The van der Waals surface area contributed by atoms with Gasteiger partial charge in [-0.05, 0) is 43.4 Å². The predicted molar refractivity (Wildman–Crippen MR) is 103 cm³/mol. The van der Waals surface area contributed by atoms with Gasteiger partial charge in [0.05, 0.1) is 13.7 Å². The molecule has 4 nitrogen and oxygen atoms in total. The lowest BCUT2D eigenvalue weighted by atomic mass is 10.0. The van der Waals surface area contributed by atoms with E-state index in [9.17, 15) is 0 Å². The molecule has 1 saturated heterocycles. The molecule has 124 valence electrons. The molecule has 1 aliphatic rings. The first-order valence-electron chi connectivity index (χ1n) is 7.89. The van der Waals surface area contributed by atoms with Crippen molar-refractivity contribution in [1.29, 1.82) is 0 Å². The average Bonchev–Trinajstić information content (AvgIpc) is 2.51. The van der Waals surface area contributed by atoms with Gasteiger partial charge >= 0.3 is 0 Å². The van der Waals surface area contributed by atoms with E-state index >= 15 is 0 Å². The number of guanidine groups is 1. The van der Waals surface area contributed by atoms with Gasteiger partial charge in [0.1, 0.15) is 5.75 Å². The van der Waals surface area contributed by atoms with Crippen molar-refractivity contribution in [3.63, 3.8) is 0 Å². The van der Waals surface area contributed by atoms with E-state index in [1.54, 1.807) is 7.11 Å². The number of piperidine rings is 1. The van der Waals surface area contributed by atoms with Crippen LogP contribution in [0.25, 0.3) is 0 Å². The van der Waals surface area contributed by atoms with Gasteiger partial charge in [-0.15, -0.1) is 24.0 Å². The fraction of sp³-hybridized carbons (Fsp3) is 0.588. The summed E-state index contributed by atoms with van der Waals surface area (Å²) >= 11 is 0. The Kier molecular flexibility index (Phi) is 8.60. The molecule has 1 aromatic carbocycles. The minimum atomic E-state index is 0. The molecule has 0 aliphatic carbocycles. The Morgan fingerprint density at radius 3 is 2.95 bits per heavy atom. The second-order valence-electron chi connectivity index (χ2n) is 5.72. The lowest BCUT2D eigenvalue weighted by Crippen LogP contribution is -2.46. The van der Waals surface area contributed by atoms with Gasteiger partial charge in [-0.1, -0.05) is 19.1 Å². The fourth-order valence-corrected chi connectivity index (χ4v) is 2.74. The molecule has 1 atom stereocenters. The summed E-state index contributed by atoms with van der Waals surface area (Å²) in [6.07, 6.45) is 2.58. The van der Waals surface area contributed by atoms with E-state index in [4.69, 9.17) is 9.73 Å². The number of halogens is 1. The fourth-order valence-electron chi connectivity index (χ4n) is 2.74. The number of hydrogen-bond donors (Lipinski definition) is 1. The minimum Gasteiger partial charge on any atom is -0.497 e. The number of benzene rings is 1. The Morgan fingerprint density at radius 2 is 2.27 bits per heavy atom. The number of methoxy groups -OCH3 is 1. The van der Waals surface area contributed by atoms with Gasteiger partial charge in [0.25, 0.3) is 0 Å². The third-order valence-electron chi connectivity index (χ3n) is 3.84. The highest BCUT2D eigenvalue weighted by Crippen LogP contribution is 2.16. The molecule has 22 heavy (non-hydrogen) atoms. The van der Waals surface area contributed by atoms with Crippen LogP contribution in [0, 0.1) is 5.92 Å². The van der Waals surface area contributed by atoms with E-state index in [2.05, 4.69) is 30.1 Å². The maximum atomic E-state index is 5.27. The summed E-state index contributed by atoms with van der Waals surface area (Å²) in [7, 11) is 1.70. The molecule has 5 heteroatoms. The molecular formula is C17H28IN3O. The zero-order valence-electron chi connectivity index (χ0n) is 13.8. The van der Waals surface area contributed by atoms with Gasteiger partial charge in [-0.2, -0.15) is 0 Å². The van der Waals surface area contributed by atoms with Crippen molar-refractivity contribution in [3.8, 4) is 5.75 Å². The molecule has 1 N–H and O–H groups in total. The molecular weight excluding hydrogens is 389 g/mol. The molecule has 0 amide bonds. The summed E-state index contributed by atoms with van der Waals surface area (Å²) < 4.78 is 5.27. The zero-order chi connectivity index (χ0) is 15.1. The molecule has 0 spiro atoms. The van der Waals surface area contributed by atoms with Crippen LogP contribution in [0.5, 0.6) is 5.75 Å². The van der Waals surface area contributed by atoms with Crippen molar-refractivity contribution >= 4 is 29.9 Å². The average molecular weight is 417 g/mol. The summed E-state index contributed by atoms with van der Waals surface area (Å²) in [5.74, 6) is 2.67. The summed E-state index contributed by atoms with van der Waals surface area (Å²) in [4.78, 5) is 7.18. The molecule has 1 unspecified atom stereocenters. The monoisotopic (exact) mass is 417 g/mol. The van der Waals surface area contributed by atoms with Gasteiger partial charge in [-0.25, -0.2) is 4.99 Å². The van der Waals surface area contributed by atoms with Gasteiger partial charge in [-0.3, -0.25) is 0 Å². The van der Waals surface area contributed by atoms with Gasteiger partial charge < -0.3 is 15.0 Å². The number of rotatable bonds is 4. The molecule has 1 heterocycles. The van der Waals surface area contributed by atoms with E-state index in [1.807, 2.05) is 18.2 Å². The lowest BCUT2D eigenvalue weighted by Gasteiger charge is -2.33. The number of aliphatic imine (C=N–C) groups is 1. The molecule has 0 bridgehead atoms. The Hall–Kier alpha value is -0.980. The largest absolute Gasteiger partial charge is 0.497 e. The topological polar surface area (TPSA) is 36.9 Å². The van der Waals surface area contributed by atoms with E-state index in [0.29, 0.717) is 6.54 Å². The quantitative estimate of drug-likeness (QED) is 0.463. The number of hydrogen-bond acceptors (Lipinski definition) is 2. The van der Waals surface area contributed by atoms with Crippen molar-refractivity contribution in [1.82, 2.24) is 10.2 Å². The zero-order valence-corrected chi connectivity index (χ0v) is 16.2. The lowest BCUT2D eigenvalue weighted by molar-refractivity contribution is 0.266. The molecule has 2 rings (SSSR count). The Morgan fingerprint density at radius 1 is 1.45 bits per heavy atom. The number of nitrogens with one attached hydrogen (secondary N) is 1. The van der Waals surface area contributed by atoms with Crippen molar-refractivity contribution in [2.45, 2.75) is 33.2 Å². The highest BCUT2D eigenvalue weighted by Gasteiger charge is 2.18. The van der Waals surface area contributed by atoms with Crippen LogP contribution in [-0.4, -0.2) is 37.6 Å². The van der Waals surface area contributed by atoms with Crippen molar-refractivity contribution < 1.29 is 4.74 Å². The van der Waals surface area contributed by atoms with E-state index in [1.165, 1.54) is 18.4 Å². The highest BCUT2D eigenvalue weighted by molar-refractivity contribution is 14.0. The Balaban J connectivity index is 0.00000242. The predicted octanol–water partition coefficient (Wildman–Crippen LogP) is 3.51. The van der Waals surface area contributed by atoms with Gasteiger partial charge in [0.15, 0.2) is 5.96 Å². The second-order valence-corrected chi connectivity index (χ2v) is 5.72. The summed E-state index contributed by atoms with van der Waals surface area (Å²) in [6, 6.07) is 8.12. The van der Waals surface area contributed by atoms with Crippen molar-refractivity contribution in [2.75, 3.05) is 26.7 Å². The van der Waals surface area contributed by atoms with Crippen molar-refractivity contribution in [2.24, 2.45) is 10.9 Å². The molecule has 1 aliphatic heterocycles. The van der Waals surface area contributed by atoms with Crippen LogP contribution in [-0.2, 0) is 6.54 Å². The van der Waals surface area contributed by atoms with E-state index in [0.717, 1.165) is 37.3 Å². The van der Waals surface area contributed by atoms with Crippen LogP contribution in [0.1, 0.15) is 32.3 Å². The first-order chi connectivity index (χ1) is 10.2. The summed E-state index contributed by atoms with van der Waals surface area (Å²) in [6.45, 7) is 8.23. The minimum absolute atomic E-state index is 0. The number of likely N-dealkylation sites (tertiary alicyclic amines) is 1. The van der Waals surface area contributed by atoms with Crippen LogP contribution in [0.3, 0.4) is 0 Å². The molecule has 0 saturated carbocycles. The normalized spacial score (nSPS) is 18.6. The van der Waals surface area contributed by atoms with Gasteiger partial charge in [0, 0.05) is 19.6 Å². The van der Waals surface area contributed by atoms with Crippen LogP contribution in [0.15, 0.2) is 29.3 Å². The summed E-state index contributed by atoms with van der Waals surface area (Å²) in [5.41, 5.74) is 1.18. The molecule has 0 aromatic heterocycles. The molecule has 1 fully saturated rings. The first-order valence-corrected chi connectivity index (χ1v) is 7.89. The molecule has 1 aromatic rings. The molecule has 0 radical (unpaired) electrons. The number of nitrogens with zero attached hydrogens (tertiary/aromatic N) is 2. The first kappa shape index (κ1) is 19.1. The van der Waals surface area contributed by atoms with E-state index in [-0.39, 0.29) is 24.0 Å². The van der Waals surface area contributed by atoms with Crippen LogP contribution in [0.2, 0.25) is 0 Å². The van der Waals surface area contributed by atoms with E-state index < -0.39 is 0 Å². The maximum absolute atomic E-state index is 5.27. The van der Waals surface area contributed by atoms with Crippen LogP contribution < -0.4 is 10.1 Å². The smallest absolute Gasteiger partial charge is 0.194 e. The standard InChI is InChI=1S/C17H27N3O.HI/c1-4-18-17(20-10-6-7-14(2)13-20)19-12-15-8-5-9-16(11-15)21-3;/h5,8-9,11,14H,4,6-7,10,12-13H2,1-3H3,(H,18,19);1H. The highest BCUT2D eigenvalue weighted by atomic mass is 127. The Labute approximate surface area is 151 Å². The second kappa shape index (κ2) is 9.92. The van der Waals surface area contributed by atoms with Crippen LogP contribution >= 0.6 is 24.0 Å². The third-order valence-corrected chi connectivity index (χ3v) is 3.84. The van der Waals surface area contributed by atoms with Gasteiger partial charge in [0.2, 0.25) is 0 Å². The third kappa shape index (κ3) is 5.66. The van der Waals surface area contributed by atoms with Crippen molar-refractivity contribution in [3.05, 3.63) is 29.8 Å². The number of ether oxygens (including phenoxy) is 1. The maximum Gasteiger partial charge on any atom is 0.194 e. The SMILES string of the molecule is CCNC(=NCc1cccc(OC)c1)N1CCCC(C)C1.I. The summed E-state index contributed by atoms with van der Waals surface area (Å²) in [5, 5.41) is 3.42.